The third kappa shape index (κ3) is 3.89. The van der Waals surface area contributed by atoms with E-state index in [-0.39, 0.29) is 0 Å². The van der Waals surface area contributed by atoms with Gasteiger partial charge in [-0.2, -0.15) is 0 Å². The molecule has 0 rings (SSSR count). The molecule has 10 heavy (non-hydrogen) atoms. The maximum absolute atomic E-state index is 10.3. The molecule has 0 saturated heterocycles. The van der Waals surface area contributed by atoms with Gasteiger partial charge in [0.15, 0.2) is 0 Å². The summed E-state index contributed by atoms with van der Waals surface area (Å²) in [7, 11) is 2.48. The Kier molecular flexibility index (Phi) is 4.29. The first-order valence-corrected chi connectivity index (χ1v) is 2.51. The second-order valence-electron chi connectivity index (χ2n) is 1.35. The largest absolute Gasteiger partial charge is 0.459 e. The van der Waals surface area contributed by atoms with Gasteiger partial charge in [0.2, 0.25) is 6.29 Å². The van der Waals surface area contributed by atoms with E-state index in [9.17, 15) is 4.79 Å². The summed E-state index contributed by atoms with van der Waals surface area (Å²) in [5.41, 5.74) is 0. The number of carbonyl (C=O) groups is 1. The van der Waals surface area contributed by atoms with Crippen molar-refractivity contribution in [2.24, 2.45) is 0 Å². The topological polar surface area (TPSA) is 55.8 Å². The first kappa shape index (κ1) is 8.95. The van der Waals surface area contributed by atoms with Crippen LogP contribution in [0.15, 0.2) is 0 Å². The molecule has 0 heterocycles. The quantitative estimate of drug-likeness (QED) is 0.225. The Balaban J connectivity index is 3.78. The highest BCUT2D eigenvalue weighted by Gasteiger charge is 1.94. The zero-order chi connectivity index (χ0) is 7.98. The van der Waals surface area contributed by atoms with Gasteiger partial charge in [0, 0.05) is 13.0 Å². The minimum atomic E-state index is -1.22. The molecule has 56 valence electrons. The lowest BCUT2D eigenvalue weighted by Crippen LogP contribution is -2.06. The number of hydrogen-bond donors (Lipinski definition) is 1. The van der Waals surface area contributed by atoms with Crippen LogP contribution in [-0.2, 0) is 14.3 Å². The number of aliphatic hydroxyl groups is 1. The first-order valence-electron chi connectivity index (χ1n) is 2.51. The molecule has 0 aliphatic heterocycles. The molecule has 4 nitrogen and oxygen atoms in total. The molecule has 0 aromatic carbocycles. The standard InChI is InChI=1S/C6H8O4/c1-9-5(7)3-4-6(8)10-2/h5,7H,1-2H3. The average molecular weight is 144 g/mol. The normalized spacial score (nSPS) is 11.1. The van der Waals surface area contributed by atoms with Crippen molar-refractivity contribution in [3.8, 4) is 11.8 Å². The van der Waals surface area contributed by atoms with E-state index < -0.39 is 12.3 Å². The van der Waals surface area contributed by atoms with Crippen molar-refractivity contribution in [1.82, 2.24) is 0 Å². The predicted molar refractivity (Wildman–Crippen MR) is 32.8 cm³/mol. The fourth-order valence-corrected chi connectivity index (χ4v) is 0.231. The molecule has 0 fully saturated rings. The first-order chi connectivity index (χ1) is 4.70. The summed E-state index contributed by atoms with van der Waals surface area (Å²) in [6.07, 6.45) is -1.22. The fraction of sp³-hybridized carbons (Fsp3) is 0.500. The van der Waals surface area contributed by atoms with Crippen LogP contribution < -0.4 is 0 Å². The SMILES string of the molecule is COC(=O)C#CC(O)OC. The van der Waals surface area contributed by atoms with Crippen LogP contribution in [0.5, 0.6) is 0 Å². The summed E-state index contributed by atoms with van der Waals surface area (Å²) in [5, 5.41) is 8.60. The van der Waals surface area contributed by atoms with Gasteiger partial charge in [0.25, 0.3) is 0 Å². The molecule has 0 aliphatic rings. The number of rotatable bonds is 1. The van der Waals surface area contributed by atoms with Crippen molar-refractivity contribution in [2.75, 3.05) is 14.2 Å². The van der Waals surface area contributed by atoms with Crippen LogP contribution in [-0.4, -0.2) is 31.6 Å². The van der Waals surface area contributed by atoms with Gasteiger partial charge in [-0.05, 0) is 5.92 Å². The molecule has 0 bridgehead atoms. The molecule has 1 atom stereocenters. The fourth-order valence-electron chi connectivity index (χ4n) is 0.231. The van der Waals surface area contributed by atoms with Gasteiger partial charge in [-0.25, -0.2) is 4.79 Å². The Bertz CT molecular complexity index is 164. The van der Waals surface area contributed by atoms with Crippen LogP contribution in [0.4, 0.5) is 0 Å². The molecule has 1 unspecified atom stereocenters. The van der Waals surface area contributed by atoms with Crippen LogP contribution >= 0.6 is 0 Å². The molecular formula is C6H8O4. The Morgan fingerprint density at radius 3 is 2.60 bits per heavy atom. The lowest BCUT2D eigenvalue weighted by atomic mass is 10.5. The minimum absolute atomic E-state index is 0.698. The van der Waals surface area contributed by atoms with E-state index in [2.05, 4.69) is 15.4 Å². The van der Waals surface area contributed by atoms with Crippen LogP contribution in [0.25, 0.3) is 0 Å². The van der Waals surface area contributed by atoms with Gasteiger partial charge in [-0.1, -0.05) is 0 Å². The number of carbonyl (C=O) groups excluding carboxylic acids is 1. The molecule has 0 amide bonds. The Morgan fingerprint density at radius 2 is 2.20 bits per heavy atom. The van der Waals surface area contributed by atoms with Gasteiger partial charge < -0.3 is 14.6 Å². The van der Waals surface area contributed by atoms with Gasteiger partial charge in [0.05, 0.1) is 7.11 Å². The third-order valence-corrected chi connectivity index (χ3v) is 0.706. The predicted octanol–water partition coefficient (Wildman–Crippen LogP) is -0.872. The van der Waals surface area contributed by atoms with Crippen LogP contribution in [0.1, 0.15) is 0 Å². The monoisotopic (exact) mass is 144 g/mol. The number of ether oxygens (including phenoxy) is 2. The molecular weight excluding hydrogens is 136 g/mol. The maximum atomic E-state index is 10.3. The number of methoxy groups -OCH3 is 2. The summed E-state index contributed by atoms with van der Waals surface area (Å²) >= 11 is 0. The molecule has 0 spiro atoms. The summed E-state index contributed by atoms with van der Waals surface area (Å²) in [5.74, 6) is 3.39. The highest BCUT2D eigenvalue weighted by molar-refractivity contribution is 5.88. The van der Waals surface area contributed by atoms with E-state index in [4.69, 9.17) is 5.11 Å². The van der Waals surface area contributed by atoms with Gasteiger partial charge in [-0.3, -0.25) is 0 Å². The van der Waals surface area contributed by atoms with E-state index in [0.717, 1.165) is 0 Å². The molecule has 0 aromatic rings. The van der Waals surface area contributed by atoms with Crippen molar-refractivity contribution in [3.63, 3.8) is 0 Å². The maximum Gasteiger partial charge on any atom is 0.384 e. The molecule has 0 radical (unpaired) electrons. The molecule has 0 aromatic heterocycles. The van der Waals surface area contributed by atoms with Crippen molar-refractivity contribution in [3.05, 3.63) is 0 Å². The second kappa shape index (κ2) is 4.79. The molecule has 0 aliphatic carbocycles. The second-order valence-corrected chi connectivity index (χ2v) is 1.35. The smallest absolute Gasteiger partial charge is 0.384 e. The average Bonchev–Trinajstić information content (AvgIpc) is 1.99. The van der Waals surface area contributed by atoms with Crippen LogP contribution in [0.2, 0.25) is 0 Å². The molecule has 1 N–H and O–H groups in total. The minimum Gasteiger partial charge on any atom is -0.459 e. The highest BCUT2D eigenvalue weighted by atomic mass is 16.6. The molecule has 4 heteroatoms. The highest BCUT2D eigenvalue weighted by Crippen LogP contribution is 1.78. The Labute approximate surface area is 58.7 Å². The van der Waals surface area contributed by atoms with E-state index >= 15 is 0 Å². The van der Waals surface area contributed by atoms with Gasteiger partial charge >= 0.3 is 5.97 Å². The van der Waals surface area contributed by atoms with E-state index in [1.54, 1.807) is 0 Å². The van der Waals surface area contributed by atoms with Crippen molar-refractivity contribution >= 4 is 5.97 Å². The number of hydrogen-bond acceptors (Lipinski definition) is 4. The number of aliphatic hydroxyl groups excluding tert-OH is 1. The Morgan fingerprint density at radius 1 is 1.60 bits per heavy atom. The van der Waals surface area contributed by atoms with Crippen LogP contribution in [0, 0.1) is 11.8 Å². The van der Waals surface area contributed by atoms with E-state index in [1.165, 1.54) is 14.2 Å². The van der Waals surface area contributed by atoms with E-state index in [0.29, 0.717) is 0 Å². The Hall–Kier alpha value is -1.05. The van der Waals surface area contributed by atoms with Crippen molar-refractivity contribution < 1.29 is 19.4 Å². The van der Waals surface area contributed by atoms with Gasteiger partial charge in [-0.15, -0.1) is 0 Å². The number of esters is 1. The van der Waals surface area contributed by atoms with Gasteiger partial charge in [0.1, 0.15) is 0 Å². The lowest BCUT2D eigenvalue weighted by Gasteiger charge is -1.95. The summed E-state index contributed by atoms with van der Waals surface area (Å²) in [4.78, 5) is 10.3. The van der Waals surface area contributed by atoms with Crippen molar-refractivity contribution in [2.45, 2.75) is 6.29 Å². The lowest BCUT2D eigenvalue weighted by molar-refractivity contribution is -0.133. The molecule has 0 saturated carbocycles. The van der Waals surface area contributed by atoms with E-state index in [1.807, 2.05) is 5.92 Å². The summed E-state index contributed by atoms with van der Waals surface area (Å²) in [6, 6.07) is 0. The van der Waals surface area contributed by atoms with Crippen molar-refractivity contribution in [1.29, 1.82) is 0 Å². The summed E-state index contributed by atoms with van der Waals surface area (Å²) in [6.45, 7) is 0. The van der Waals surface area contributed by atoms with Crippen LogP contribution in [0.3, 0.4) is 0 Å². The third-order valence-electron chi connectivity index (χ3n) is 0.706. The summed E-state index contributed by atoms with van der Waals surface area (Å²) < 4.78 is 8.49. The zero-order valence-electron chi connectivity index (χ0n) is 5.75. The zero-order valence-corrected chi connectivity index (χ0v) is 5.75.